The summed E-state index contributed by atoms with van der Waals surface area (Å²) < 4.78 is 0. The quantitative estimate of drug-likeness (QED) is 0.848. The normalized spacial score (nSPS) is 12.2. The largest absolute Gasteiger partial charge is 0.389 e. The van der Waals surface area contributed by atoms with Crippen LogP contribution < -0.4 is 11.1 Å². The van der Waals surface area contributed by atoms with Crippen LogP contribution in [0, 0.1) is 13.8 Å². The molecule has 0 spiro atoms. The van der Waals surface area contributed by atoms with Gasteiger partial charge in [-0.15, -0.1) is 11.3 Å². The van der Waals surface area contributed by atoms with Crippen LogP contribution in [0.25, 0.3) is 0 Å². The van der Waals surface area contributed by atoms with Crippen LogP contribution >= 0.6 is 23.6 Å². The molecule has 100 valence electrons. The Bertz CT molecular complexity index is 606. The smallest absolute Gasteiger partial charge is 0.127 e. The summed E-state index contributed by atoms with van der Waals surface area (Å²) in [6.07, 6.45) is 1.70. The summed E-state index contributed by atoms with van der Waals surface area (Å²) in [4.78, 5) is 10.3. The second-order valence-corrected chi connectivity index (χ2v) is 6.02. The minimum atomic E-state index is 0.153. The van der Waals surface area contributed by atoms with Gasteiger partial charge in [0.2, 0.25) is 0 Å². The number of hydrogen-bond donors (Lipinski definition) is 2. The maximum absolute atomic E-state index is 5.62. The van der Waals surface area contributed by atoms with E-state index < -0.39 is 0 Å². The molecular weight excluding hydrogens is 276 g/mol. The predicted octanol–water partition coefficient (Wildman–Crippen LogP) is 2.96. The molecule has 0 saturated heterocycles. The Morgan fingerprint density at radius 3 is 2.79 bits per heavy atom. The fourth-order valence-corrected chi connectivity index (χ4v) is 2.96. The van der Waals surface area contributed by atoms with Crippen molar-refractivity contribution < 1.29 is 0 Å². The van der Waals surface area contributed by atoms with Crippen LogP contribution in [0.3, 0.4) is 0 Å². The average Bonchev–Trinajstić information content (AvgIpc) is 2.69. The number of aryl methyl sites for hydroxylation is 2. The molecule has 19 heavy (non-hydrogen) atoms. The topological polar surface area (TPSA) is 63.8 Å². The monoisotopic (exact) mass is 292 g/mol. The van der Waals surface area contributed by atoms with Crippen LogP contribution in [0.1, 0.15) is 34.1 Å². The number of thiazole rings is 1. The first-order valence-electron chi connectivity index (χ1n) is 5.93. The maximum atomic E-state index is 5.62. The van der Waals surface area contributed by atoms with Crippen molar-refractivity contribution >= 4 is 34.4 Å². The predicted molar refractivity (Wildman–Crippen MR) is 83.8 cm³/mol. The standard InChI is InChI=1S/C13H16N4S2/c1-7-12(19-9(3)16-7)8(2)17-11-6-10(13(14)18)4-5-15-11/h4-6,8H,1-3H3,(H2,14,18)(H,15,17). The third-order valence-corrected chi connectivity index (χ3v) is 4.23. The summed E-state index contributed by atoms with van der Waals surface area (Å²) in [6, 6.07) is 3.82. The number of anilines is 1. The molecule has 0 radical (unpaired) electrons. The van der Waals surface area contributed by atoms with Crippen molar-refractivity contribution in [1.82, 2.24) is 9.97 Å². The van der Waals surface area contributed by atoms with Crippen molar-refractivity contribution in [2.24, 2.45) is 5.73 Å². The van der Waals surface area contributed by atoms with Crippen LogP contribution in [0.4, 0.5) is 5.82 Å². The van der Waals surface area contributed by atoms with Crippen LogP contribution in [-0.2, 0) is 0 Å². The van der Waals surface area contributed by atoms with Gasteiger partial charge >= 0.3 is 0 Å². The number of hydrogen-bond acceptors (Lipinski definition) is 5. The van der Waals surface area contributed by atoms with E-state index in [4.69, 9.17) is 18.0 Å². The first kappa shape index (κ1) is 13.9. The summed E-state index contributed by atoms with van der Waals surface area (Å²) in [5, 5.41) is 4.43. The zero-order chi connectivity index (χ0) is 14.0. The SMILES string of the molecule is Cc1nc(C)c(C(C)Nc2cc(C(N)=S)ccn2)s1. The number of nitrogens with zero attached hydrogens (tertiary/aromatic N) is 2. The van der Waals surface area contributed by atoms with Gasteiger partial charge in [-0.25, -0.2) is 9.97 Å². The molecule has 0 aromatic carbocycles. The number of aromatic nitrogens is 2. The van der Waals surface area contributed by atoms with Gasteiger partial charge in [0.25, 0.3) is 0 Å². The van der Waals surface area contributed by atoms with E-state index in [2.05, 4.69) is 22.2 Å². The molecule has 0 bridgehead atoms. The highest BCUT2D eigenvalue weighted by Gasteiger charge is 2.13. The van der Waals surface area contributed by atoms with E-state index in [9.17, 15) is 0 Å². The van der Waals surface area contributed by atoms with Crippen LogP contribution in [0.2, 0.25) is 0 Å². The third kappa shape index (κ3) is 3.27. The van der Waals surface area contributed by atoms with Crippen LogP contribution in [0.5, 0.6) is 0 Å². The zero-order valence-electron chi connectivity index (χ0n) is 11.1. The van der Waals surface area contributed by atoms with Gasteiger partial charge in [-0.1, -0.05) is 12.2 Å². The molecule has 2 rings (SSSR count). The van der Waals surface area contributed by atoms with Gasteiger partial charge in [-0.3, -0.25) is 0 Å². The lowest BCUT2D eigenvalue weighted by Gasteiger charge is -2.14. The molecule has 0 aliphatic rings. The molecule has 3 N–H and O–H groups in total. The lowest BCUT2D eigenvalue weighted by atomic mass is 10.2. The van der Waals surface area contributed by atoms with Gasteiger partial charge in [-0.2, -0.15) is 0 Å². The summed E-state index contributed by atoms with van der Waals surface area (Å²) in [5.74, 6) is 0.767. The molecule has 0 saturated carbocycles. The van der Waals surface area contributed by atoms with Crippen molar-refractivity contribution in [2.45, 2.75) is 26.8 Å². The second-order valence-electron chi connectivity index (χ2n) is 4.34. The Labute approximate surface area is 122 Å². The molecule has 1 unspecified atom stereocenters. The number of rotatable bonds is 4. The molecule has 6 heteroatoms. The van der Waals surface area contributed by atoms with Gasteiger partial charge in [-0.05, 0) is 32.9 Å². The molecule has 0 fully saturated rings. The highest BCUT2D eigenvalue weighted by Crippen LogP contribution is 2.27. The highest BCUT2D eigenvalue weighted by atomic mass is 32.1. The molecule has 2 heterocycles. The average molecular weight is 292 g/mol. The number of pyridine rings is 1. The summed E-state index contributed by atoms with van der Waals surface area (Å²) in [6.45, 7) is 6.13. The van der Waals surface area contributed by atoms with Crippen LogP contribution in [-0.4, -0.2) is 15.0 Å². The van der Waals surface area contributed by atoms with Crippen molar-refractivity contribution in [3.05, 3.63) is 39.5 Å². The van der Waals surface area contributed by atoms with Gasteiger partial charge < -0.3 is 11.1 Å². The van der Waals surface area contributed by atoms with Gasteiger partial charge in [0, 0.05) is 16.6 Å². The van der Waals surface area contributed by atoms with Crippen molar-refractivity contribution in [3.8, 4) is 0 Å². The van der Waals surface area contributed by atoms with Crippen LogP contribution in [0.15, 0.2) is 18.3 Å². The third-order valence-electron chi connectivity index (χ3n) is 2.74. The van der Waals surface area contributed by atoms with Crippen molar-refractivity contribution in [3.63, 3.8) is 0 Å². The Morgan fingerprint density at radius 2 is 2.21 bits per heavy atom. The fourth-order valence-electron chi connectivity index (χ4n) is 1.90. The van der Waals surface area contributed by atoms with Crippen molar-refractivity contribution in [2.75, 3.05) is 5.32 Å². The minimum Gasteiger partial charge on any atom is -0.389 e. The van der Waals surface area contributed by atoms with E-state index in [1.165, 1.54) is 4.88 Å². The van der Waals surface area contributed by atoms with E-state index in [1.807, 2.05) is 19.9 Å². The molecular formula is C13H16N4S2. The molecule has 2 aromatic heterocycles. The summed E-state index contributed by atoms with van der Waals surface area (Å²) in [7, 11) is 0. The maximum Gasteiger partial charge on any atom is 0.127 e. The number of thiocarbonyl (C=S) groups is 1. The Balaban J connectivity index is 2.19. The molecule has 0 aliphatic carbocycles. The lowest BCUT2D eigenvalue weighted by molar-refractivity contribution is 0.880. The Hall–Kier alpha value is -1.53. The first-order chi connectivity index (χ1) is 8.97. The van der Waals surface area contributed by atoms with Gasteiger partial charge in [0.05, 0.1) is 16.7 Å². The van der Waals surface area contributed by atoms with E-state index in [0.717, 1.165) is 22.1 Å². The molecule has 2 aromatic rings. The van der Waals surface area contributed by atoms with Gasteiger partial charge in [0.1, 0.15) is 10.8 Å². The molecule has 0 amide bonds. The second kappa shape index (κ2) is 5.63. The van der Waals surface area contributed by atoms with Gasteiger partial charge in [0.15, 0.2) is 0 Å². The highest BCUT2D eigenvalue weighted by molar-refractivity contribution is 7.80. The zero-order valence-corrected chi connectivity index (χ0v) is 12.7. The molecule has 4 nitrogen and oxygen atoms in total. The lowest BCUT2D eigenvalue weighted by Crippen LogP contribution is -2.12. The molecule has 0 aliphatic heterocycles. The van der Waals surface area contributed by atoms with E-state index in [-0.39, 0.29) is 6.04 Å². The fraction of sp³-hybridized carbons (Fsp3) is 0.308. The number of nitrogens with one attached hydrogen (secondary N) is 1. The van der Waals surface area contributed by atoms with E-state index >= 15 is 0 Å². The summed E-state index contributed by atoms with van der Waals surface area (Å²) in [5.41, 5.74) is 7.50. The summed E-state index contributed by atoms with van der Waals surface area (Å²) >= 11 is 6.67. The Kier molecular flexibility index (Phi) is 4.11. The molecule has 1 atom stereocenters. The number of nitrogens with two attached hydrogens (primary N) is 1. The Morgan fingerprint density at radius 1 is 1.47 bits per heavy atom. The minimum absolute atomic E-state index is 0.153. The van der Waals surface area contributed by atoms with E-state index in [0.29, 0.717) is 4.99 Å². The van der Waals surface area contributed by atoms with Crippen molar-refractivity contribution in [1.29, 1.82) is 0 Å². The van der Waals surface area contributed by atoms with E-state index in [1.54, 1.807) is 23.6 Å². The first-order valence-corrected chi connectivity index (χ1v) is 7.16.